The zero-order chi connectivity index (χ0) is 13.5. The number of nitrogens with one attached hydrogen (secondary N) is 1. The third-order valence-corrected chi connectivity index (χ3v) is 3.65. The summed E-state index contributed by atoms with van der Waals surface area (Å²) in [7, 11) is 0. The van der Waals surface area contributed by atoms with E-state index in [-0.39, 0.29) is 0 Å². The van der Waals surface area contributed by atoms with Gasteiger partial charge >= 0.3 is 0 Å². The first kappa shape index (κ1) is 15.2. The molecular weight excluding hydrogens is 218 g/mol. The van der Waals surface area contributed by atoms with Crippen LogP contribution in [-0.4, -0.2) is 6.04 Å². The van der Waals surface area contributed by atoms with Crippen molar-refractivity contribution in [3.63, 3.8) is 0 Å². The lowest BCUT2D eigenvalue weighted by molar-refractivity contribution is 0.402. The molecule has 0 spiro atoms. The lowest BCUT2D eigenvalue weighted by atomic mass is 9.98. The Hall–Kier alpha value is -0.820. The molecule has 1 unspecified atom stereocenters. The second kappa shape index (κ2) is 7.58. The number of hydrogen-bond acceptors (Lipinski definition) is 1. The highest BCUT2D eigenvalue weighted by atomic mass is 14.9. The molecule has 1 heteroatoms. The molecule has 0 heterocycles. The molecule has 1 atom stereocenters. The fraction of sp³-hybridized carbons (Fsp3) is 0.647. The topological polar surface area (TPSA) is 12.0 Å². The molecule has 0 amide bonds. The minimum Gasteiger partial charge on any atom is -0.307 e. The van der Waals surface area contributed by atoms with Gasteiger partial charge in [0, 0.05) is 12.1 Å². The molecular formula is C17H29N. The van der Waals surface area contributed by atoms with E-state index in [0.717, 1.165) is 0 Å². The summed E-state index contributed by atoms with van der Waals surface area (Å²) in [5.74, 6) is 0. The van der Waals surface area contributed by atoms with Crippen LogP contribution in [0.2, 0.25) is 0 Å². The Balaban J connectivity index is 2.70. The van der Waals surface area contributed by atoms with E-state index >= 15 is 0 Å². The summed E-state index contributed by atoms with van der Waals surface area (Å²) < 4.78 is 0. The van der Waals surface area contributed by atoms with Crippen LogP contribution in [-0.2, 0) is 0 Å². The minimum atomic E-state index is 0.452. The lowest BCUT2D eigenvalue weighted by Crippen LogP contribution is -2.31. The number of aryl methyl sites for hydroxylation is 2. The van der Waals surface area contributed by atoms with E-state index in [4.69, 9.17) is 0 Å². The Morgan fingerprint density at radius 3 is 2.17 bits per heavy atom. The van der Waals surface area contributed by atoms with Crippen LogP contribution in [0.3, 0.4) is 0 Å². The van der Waals surface area contributed by atoms with Gasteiger partial charge in [0.25, 0.3) is 0 Å². The zero-order valence-corrected chi connectivity index (χ0v) is 12.7. The zero-order valence-electron chi connectivity index (χ0n) is 12.7. The van der Waals surface area contributed by atoms with E-state index in [1.54, 1.807) is 0 Å². The molecule has 0 radical (unpaired) electrons. The summed E-state index contributed by atoms with van der Waals surface area (Å²) in [6.45, 7) is 11.2. The van der Waals surface area contributed by atoms with E-state index in [2.05, 4.69) is 58.1 Å². The van der Waals surface area contributed by atoms with Crippen LogP contribution in [0.25, 0.3) is 0 Å². The van der Waals surface area contributed by atoms with E-state index in [1.807, 2.05) is 0 Å². The smallest absolute Gasteiger partial charge is 0.0296 e. The molecule has 0 bridgehead atoms. The van der Waals surface area contributed by atoms with Gasteiger partial charge in [-0.15, -0.1) is 0 Å². The molecule has 0 aliphatic carbocycles. The van der Waals surface area contributed by atoms with Crippen molar-refractivity contribution in [2.45, 2.75) is 72.4 Å². The first-order chi connectivity index (χ1) is 8.58. The minimum absolute atomic E-state index is 0.452. The van der Waals surface area contributed by atoms with Gasteiger partial charge in [0.2, 0.25) is 0 Å². The second-order valence-corrected chi connectivity index (χ2v) is 5.52. The van der Waals surface area contributed by atoms with Gasteiger partial charge in [0.05, 0.1) is 0 Å². The average Bonchev–Trinajstić information content (AvgIpc) is 2.29. The molecule has 1 N–H and O–H groups in total. The molecule has 0 aliphatic rings. The fourth-order valence-electron chi connectivity index (χ4n) is 2.76. The third-order valence-electron chi connectivity index (χ3n) is 3.65. The summed E-state index contributed by atoms with van der Waals surface area (Å²) in [4.78, 5) is 0. The van der Waals surface area contributed by atoms with Crippen LogP contribution in [0, 0.1) is 13.8 Å². The van der Waals surface area contributed by atoms with Crippen LogP contribution in [0.5, 0.6) is 0 Å². The van der Waals surface area contributed by atoms with Crippen molar-refractivity contribution in [2.75, 3.05) is 0 Å². The Morgan fingerprint density at radius 1 is 1.06 bits per heavy atom. The van der Waals surface area contributed by atoms with Crippen molar-refractivity contribution >= 4 is 0 Å². The van der Waals surface area contributed by atoms with Crippen LogP contribution in [0.1, 0.15) is 69.2 Å². The number of benzene rings is 1. The van der Waals surface area contributed by atoms with Gasteiger partial charge in [0.15, 0.2) is 0 Å². The van der Waals surface area contributed by atoms with Gasteiger partial charge in [-0.2, -0.15) is 0 Å². The van der Waals surface area contributed by atoms with E-state index in [9.17, 15) is 0 Å². The third kappa shape index (κ3) is 4.45. The van der Waals surface area contributed by atoms with Crippen molar-refractivity contribution in [1.82, 2.24) is 5.32 Å². The Kier molecular flexibility index (Phi) is 6.42. The van der Waals surface area contributed by atoms with Gasteiger partial charge in [-0.05, 0) is 44.7 Å². The van der Waals surface area contributed by atoms with Crippen LogP contribution in [0.15, 0.2) is 18.2 Å². The van der Waals surface area contributed by atoms with E-state index in [1.165, 1.54) is 42.4 Å². The van der Waals surface area contributed by atoms with Gasteiger partial charge in [-0.3, -0.25) is 0 Å². The summed E-state index contributed by atoms with van der Waals surface area (Å²) in [5, 5.41) is 3.80. The number of hydrogen-bond donors (Lipinski definition) is 1. The van der Waals surface area contributed by atoms with Gasteiger partial charge in [-0.25, -0.2) is 0 Å². The normalized spacial score (nSPS) is 13.0. The standard InChI is InChI=1S/C17H29N/c1-6-8-16(9-7-2)18-15(5)17-11-10-13(3)12-14(17)4/h10-12,15-16,18H,6-9H2,1-5H3. The molecule has 1 aromatic carbocycles. The largest absolute Gasteiger partial charge is 0.307 e. The Labute approximate surface area is 113 Å². The SMILES string of the molecule is CCCC(CCC)NC(C)c1ccc(C)cc1C. The maximum absolute atomic E-state index is 3.80. The molecule has 1 aromatic rings. The van der Waals surface area contributed by atoms with Gasteiger partial charge in [-0.1, -0.05) is 50.5 Å². The molecule has 0 aromatic heterocycles. The van der Waals surface area contributed by atoms with Gasteiger partial charge in [0.1, 0.15) is 0 Å². The van der Waals surface area contributed by atoms with Gasteiger partial charge < -0.3 is 5.32 Å². The first-order valence-electron chi connectivity index (χ1n) is 7.41. The molecule has 0 saturated heterocycles. The molecule has 0 aliphatic heterocycles. The van der Waals surface area contributed by atoms with Crippen LogP contribution >= 0.6 is 0 Å². The monoisotopic (exact) mass is 247 g/mol. The highest BCUT2D eigenvalue weighted by molar-refractivity contribution is 5.32. The predicted octanol–water partition coefficient (Wildman–Crippen LogP) is 4.92. The molecule has 0 fully saturated rings. The Morgan fingerprint density at radius 2 is 1.67 bits per heavy atom. The maximum Gasteiger partial charge on any atom is 0.0296 e. The summed E-state index contributed by atoms with van der Waals surface area (Å²) in [6.07, 6.45) is 5.08. The quantitative estimate of drug-likeness (QED) is 0.721. The highest BCUT2D eigenvalue weighted by Gasteiger charge is 2.13. The summed E-state index contributed by atoms with van der Waals surface area (Å²) in [6, 6.07) is 7.89. The second-order valence-electron chi connectivity index (χ2n) is 5.52. The predicted molar refractivity (Wildman–Crippen MR) is 81.1 cm³/mol. The van der Waals surface area contributed by atoms with Crippen molar-refractivity contribution in [3.05, 3.63) is 34.9 Å². The van der Waals surface area contributed by atoms with E-state index in [0.29, 0.717) is 12.1 Å². The molecule has 0 saturated carbocycles. The first-order valence-corrected chi connectivity index (χ1v) is 7.41. The molecule has 1 nitrogen and oxygen atoms in total. The summed E-state index contributed by atoms with van der Waals surface area (Å²) >= 11 is 0. The average molecular weight is 247 g/mol. The fourth-order valence-corrected chi connectivity index (χ4v) is 2.76. The lowest BCUT2D eigenvalue weighted by Gasteiger charge is -2.24. The van der Waals surface area contributed by atoms with Crippen molar-refractivity contribution in [2.24, 2.45) is 0 Å². The maximum atomic E-state index is 3.80. The van der Waals surface area contributed by atoms with E-state index < -0.39 is 0 Å². The van der Waals surface area contributed by atoms with Crippen LogP contribution < -0.4 is 5.32 Å². The van der Waals surface area contributed by atoms with Crippen LogP contribution in [0.4, 0.5) is 0 Å². The highest BCUT2D eigenvalue weighted by Crippen LogP contribution is 2.20. The Bertz CT molecular complexity index is 351. The number of rotatable bonds is 7. The van der Waals surface area contributed by atoms with Crippen molar-refractivity contribution in [3.8, 4) is 0 Å². The summed E-state index contributed by atoms with van der Waals surface area (Å²) in [5.41, 5.74) is 4.20. The van der Waals surface area contributed by atoms with Crippen molar-refractivity contribution < 1.29 is 0 Å². The van der Waals surface area contributed by atoms with Crippen molar-refractivity contribution in [1.29, 1.82) is 0 Å². The molecule has 1 rings (SSSR count). The molecule has 18 heavy (non-hydrogen) atoms. The molecule has 102 valence electrons.